The van der Waals surface area contributed by atoms with Gasteiger partial charge in [-0.2, -0.15) is 0 Å². The van der Waals surface area contributed by atoms with Gasteiger partial charge < -0.3 is 5.32 Å². The second-order valence-corrected chi connectivity index (χ2v) is 6.30. The van der Waals surface area contributed by atoms with Crippen molar-refractivity contribution in [2.75, 3.05) is 0 Å². The molecular weight excluding hydrogens is 328 g/mol. The van der Waals surface area contributed by atoms with E-state index in [9.17, 15) is 9.59 Å². The molecule has 0 radical (unpaired) electrons. The van der Waals surface area contributed by atoms with Gasteiger partial charge in [0.25, 0.3) is 5.91 Å². The molecule has 1 fully saturated rings. The number of amidine groups is 1. The summed E-state index contributed by atoms with van der Waals surface area (Å²) in [5.41, 5.74) is 2.25. The van der Waals surface area contributed by atoms with Crippen LogP contribution in [0.4, 0.5) is 0 Å². The van der Waals surface area contributed by atoms with Crippen LogP contribution in [0.3, 0.4) is 0 Å². The molecule has 2 heterocycles. The number of aliphatic imine (C=N–C) groups is 1. The van der Waals surface area contributed by atoms with Crippen LogP contribution in [0.15, 0.2) is 71.5 Å². The highest BCUT2D eigenvalue weighted by molar-refractivity contribution is 6.54. The molecule has 2 N–H and O–H groups in total. The lowest BCUT2D eigenvalue weighted by molar-refractivity contribution is -0.120. The van der Waals surface area contributed by atoms with Crippen molar-refractivity contribution in [3.63, 3.8) is 0 Å². The zero-order valence-electron chi connectivity index (χ0n) is 13.8. The minimum absolute atomic E-state index is 0.0102. The maximum atomic E-state index is 12.6. The summed E-state index contributed by atoms with van der Waals surface area (Å²) in [4.78, 5) is 32.7. The molecule has 0 spiro atoms. The van der Waals surface area contributed by atoms with Gasteiger partial charge in [-0.05, 0) is 30.2 Å². The SMILES string of the molecule is N=C1N=C(c2ccncc2)C=C(C(=O)NC2CC2c2ccccc2)C1=O. The molecule has 2 unspecified atom stereocenters. The number of Topliss-reactive ketones (excluding diaryl/α,β-unsaturated/α-hetero) is 1. The first-order valence-corrected chi connectivity index (χ1v) is 8.33. The summed E-state index contributed by atoms with van der Waals surface area (Å²) < 4.78 is 0. The predicted molar refractivity (Wildman–Crippen MR) is 97.3 cm³/mol. The molecule has 1 aliphatic carbocycles. The fourth-order valence-electron chi connectivity index (χ4n) is 3.04. The van der Waals surface area contributed by atoms with E-state index in [4.69, 9.17) is 5.41 Å². The maximum absolute atomic E-state index is 12.6. The highest BCUT2D eigenvalue weighted by Gasteiger charge is 2.40. The van der Waals surface area contributed by atoms with E-state index in [0.717, 1.165) is 6.42 Å². The van der Waals surface area contributed by atoms with Gasteiger partial charge in [0, 0.05) is 29.9 Å². The van der Waals surface area contributed by atoms with Gasteiger partial charge in [-0.15, -0.1) is 0 Å². The Morgan fingerprint density at radius 2 is 1.85 bits per heavy atom. The maximum Gasteiger partial charge on any atom is 0.255 e. The molecule has 1 saturated carbocycles. The molecule has 1 aliphatic heterocycles. The molecule has 26 heavy (non-hydrogen) atoms. The molecule has 4 rings (SSSR count). The summed E-state index contributed by atoms with van der Waals surface area (Å²) in [6, 6.07) is 13.4. The van der Waals surface area contributed by atoms with Crippen LogP contribution in [-0.4, -0.2) is 34.3 Å². The zero-order valence-corrected chi connectivity index (χ0v) is 13.8. The van der Waals surface area contributed by atoms with Crippen LogP contribution in [0, 0.1) is 5.41 Å². The summed E-state index contributed by atoms with van der Waals surface area (Å²) in [7, 11) is 0. The number of ketones is 1. The van der Waals surface area contributed by atoms with Crippen LogP contribution in [0.2, 0.25) is 0 Å². The van der Waals surface area contributed by atoms with Crippen molar-refractivity contribution in [2.24, 2.45) is 4.99 Å². The highest BCUT2D eigenvalue weighted by Crippen LogP contribution is 2.40. The van der Waals surface area contributed by atoms with Gasteiger partial charge in [0.2, 0.25) is 5.78 Å². The number of dihydropyridines is 1. The topological polar surface area (TPSA) is 95.3 Å². The average Bonchev–Trinajstić information content (AvgIpc) is 3.44. The lowest BCUT2D eigenvalue weighted by atomic mass is 10.0. The van der Waals surface area contributed by atoms with E-state index < -0.39 is 17.5 Å². The first-order valence-electron chi connectivity index (χ1n) is 8.33. The molecule has 0 saturated heterocycles. The van der Waals surface area contributed by atoms with Crippen molar-refractivity contribution in [2.45, 2.75) is 18.4 Å². The fourth-order valence-corrected chi connectivity index (χ4v) is 3.04. The lowest BCUT2D eigenvalue weighted by Crippen LogP contribution is -2.35. The van der Waals surface area contributed by atoms with E-state index in [1.54, 1.807) is 24.5 Å². The van der Waals surface area contributed by atoms with Crippen LogP contribution in [-0.2, 0) is 9.59 Å². The number of pyridine rings is 1. The second kappa shape index (κ2) is 6.48. The van der Waals surface area contributed by atoms with Crippen LogP contribution >= 0.6 is 0 Å². The average molecular weight is 344 g/mol. The van der Waals surface area contributed by atoms with Crippen molar-refractivity contribution in [1.82, 2.24) is 10.3 Å². The van der Waals surface area contributed by atoms with Crippen molar-refractivity contribution in [3.8, 4) is 0 Å². The Labute approximate surface area is 150 Å². The number of nitrogens with one attached hydrogen (secondary N) is 2. The highest BCUT2D eigenvalue weighted by atomic mass is 16.2. The van der Waals surface area contributed by atoms with Crippen molar-refractivity contribution < 1.29 is 9.59 Å². The summed E-state index contributed by atoms with van der Waals surface area (Å²) in [5, 5.41) is 10.7. The largest absolute Gasteiger partial charge is 0.349 e. The van der Waals surface area contributed by atoms with Crippen LogP contribution < -0.4 is 5.32 Å². The standard InChI is InChI=1S/C20H16N4O2/c21-19-18(25)15(11-16(23-19)13-6-8-22-9-7-13)20(26)24-17-10-14(17)12-4-2-1-3-5-12/h1-9,11,14,17,21H,10H2,(H,24,26). The number of hydrogen-bond donors (Lipinski definition) is 2. The number of amides is 1. The Balaban J connectivity index is 1.52. The number of carbonyl (C=O) groups is 2. The van der Waals surface area contributed by atoms with Gasteiger partial charge >= 0.3 is 0 Å². The molecule has 6 heteroatoms. The quantitative estimate of drug-likeness (QED) is 0.831. The number of hydrogen-bond acceptors (Lipinski definition) is 4. The Hall–Kier alpha value is -3.41. The van der Waals surface area contributed by atoms with Gasteiger partial charge in [-0.1, -0.05) is 30.3 Å². The number of allylic oxidation sites excluding steroid dienone is 1. The third-order valence-corrected chi connectivity index (χ3v) is 4.53. The van der Waals surface area contributed by atoms with Crippen molar-refractivity contribution in [1.29, 1.82) is 5.41 Å². The molecule has 2 atom stereocenters. The first kappa shape index (κ1) is 16.1. The normalized spacial score (nSPS) is 21.7. The Morgan fingerprint density at radius 3 is 2.58 bits per heavy atom. The predicted octanol–water partition coefficient (Wildman–Crippen LogP) is 2.03. The van der Waals surface area contributed by atoms with Crippen LogP contribution in [0.25, 0.3) is 0 Å². The molecular formula is C20H16N4O2. The Kier molecular flexibility index (Phi) is 4.01. The summed E-state index contributed by atoms with van der Waals surface area (Å²) in [6.45, 7) is 0. The lowest BCUT2D eigenvalue weighted by Gasteiger charge is -2.13. The first-order chi connectivity index (χ1) is 12.6. The molecule has 0 bridgehead atoms. The van der Waals surface area contributed by atoms with E-state index in [1.165, 1.54) is 11.6 Å². The second-order valence-electron chi connectivity index (χ2n) is 6.30. The molecule has 1 aromatic carbocycles. The summed E-state index contributed by atoms with van der Waals surface area (Å²) in [6.07, 6.45) is 5.49. The fraction of sp³-hybridized carbons (Fsp3) is 0.150. The number of aromatic nitrogens is 1. The molecule has 1 aromatic heterocycles. The third-order valence-electron chi connectivity index (χ3n) is 4.53. The molecule has 2 aromatic rings. The van der Waals surface area contributed by atoms with E-state index in [2.05, 4.69) is 15.3 Å². The van der Waals surface area contributed by atoms with Gasteiger partial charge in [0.05, 0.1) is 11.3 Å². The van der Waals surface area contributed by atoms with E-state index >= 15 is 0 Å². The van der Waals surface area contributed by atoms with Crippen molar-refractivity contribution in [3.05, 3.63) is 77.6 Å². The molecule has 1 amide bonds. The van der Waals surface area contributed by atoms with Gasteiger partial charge in [-0.25, -0.2) is 4.99 Å². The Bertz CT molecular complexity index is 948. The number of carbonyl (C=O) groups excluding carboxylic acids is 2. The van der Waals surface area contributed by atoms with E-state index in [1.807, 2.05) is 30.3 Å². The molecule has 128 valence electrons. The minimum Gasteiger partial charge on any atom is -0.349 e. The number of nitrogens with zero attached hydrogens (tertiary/aromatic N) is 2. The van der Waals surface area contributed by atoms with Crippen LogP contribution in [0.1, 0.15) is 23.5 Å². The van der Waals surface area contributed by atoms with Gasteiger partial charge in [0.1, 0.15) is 0 Å². The Morgan fingerprint density at radius 1 is 1.12 bits per heavy atom. The van der Waals surface area contributed by atoms with Gasteiger partial charge in [0.15, 0.2) is 5.84 Å². The van der Waals surface area contributed by atoms with Crippen LogP contribution in [0.5, 0.6) is 0 Å². The monoisotopic (exact) mass is 344 g/mol. The van der Waals surface area contributed by atoms with Crippen molar-refractivity contribution >= 4 is 23.2 Å². The minimum atomic E-state index is -0.655. The summed E-state index contributed by atoms with van der Waals surface area (Å²) in [5.74, 6) is -1.27. The number of benzene rings is 1. The zero-order chi connectivity index (χ0) is 18.1. The molecule has 6 nitrogen and oxygen atoms in total. The van der Waals surface area contributed by atoms with E-state index in [0.29, 0.717) is 11.3 Å². The number of rotatable bonds is 4. The van der Waals surface area contributed by atoms with Gasteiger partial charge in [-0.3, -0.25) is 20.0 Å². The smallest absolute Gasteiger partial charge is 0.255 e. The summed E-state index contributed by atoms with van der Waals surface area (Å²) >= 11 is 0. The third kappa shape index (κ3) is 3.09. The van der Waals surface area contributed by atoms with E-state index in [-0.39, 0.29) is 17.5 Å². The molecule has 2 aliphatic rings.